The monoisotopic (exact) mass is 367 g/mol. The second-order valence-corrected chi connectivity index (χ2v) is 7.19. The highest BCUT2D eigenvalue weighted by atomic mass is 79.9. The molecule has 0 saturated carbocycles. The Morgan fingerprint density at radius 1 is 1.14 bits per heavy atom. The number of hydrogen-bond donors (Lipinski definition) is 1. The molecule has 1 unspecified atom stereocenters. The lowest BCUT2D eigenvalue weighted by Gasteiger charge is -2.37. The highest BCUT2D eigenvalue weighted by molar-refractivity contribution is 9.10. The maximum Gasteiger partial charge on any atom is 0.237 e. The number of halogens is 1. The van der Waals surface area contributed by atoms with E-state index in [1.54, 1.807) is 0 Å². The molecule has 1 aromatic rings. The van der Waals surface area contributed by atoms with Gasteiger partial charge in [0.15, 0.2) is 0 Å². The van der Waals surface area contributed by atoms with Gasteiger partial charge in [-0.05, 0) is 38.5 Å². The minimum absolute atomic E-state index is 0.0442. The normalized spacial score (nSPS) is 18.4. The molecular weight excluding hydrogens is 342 g/mol. The second kappa shape index (κ2) is 8.09. The van der Waals surface area contributed by atoms with Crippen LogP contribution in [0.5, 0.6) is 0 Å². The van der Waals surface area contributed by atoms with Crippen LogP contribution in [0.2, 0.25) is 0 Å². The largest absolute Gasteiger partial charge is 0.353 e. The summed E-state index contributed by atoms with van der Waals surface area (Å²) in [6.07, 6.45) is 0. The summed E-state index contributed by atoms with van der Waals surface area (Å²) in [5.74, 6) is 0.136. The van der Waals surface area contributed by atoms with E-state index in [4.69, 9.17) is 0 Å². The molecule has 5 heteroatoms. The summed E-state index contributed by atoms with van der Waals surface area (Å²) in [6, 6.07) is 8.66. The third-order valence-corrected chi connectivity index (χ3v) is 4.61. The molecule has 1 aliphatic heterocycles. The summed E-state index contributed by atoms with van der Waals surface area (Å²) in [4.78, 5) is 16.8. The molecule has 1 aromatic carbocycles. The summed E-state index contributed by atoms with van der Waals surface area (Å²) in [7, 11) is 0. The first-order chi connectivity index (χ1) is 10.5. The zero-order chi connectivity index (χ0) is 16.1. The molecule has 0 radical (unpaired) electrons. The van der Waals surface area contributed by atoms with E-state index in [-0.39, 0.29) is 18.0 Å². The minimum atomic E-state index is -0.0442. The van der Waals surface area contributed by atoms with Gasteiger partial charge in [-0.2, -0.15) is 0 Å². The second-order valence-electron chi connectivity index (χ2n) is 6.28. The van der Waals surface area contributed by atoms with Crippen LogP contribution in [0.15, 0.2) is 28.7 Å². The number of carbonyl (C=O) groups excluding carboxylic acids is 1. The number of rotatable bonds is 5. The number of benzene rings is 1. The van der Waals surface area contributed by atoms with E-state index >= 15 is 0 Å². The number of hydrogen-bond acceptors (Lipinski definition) is 3. The summed E-state index contributed by atoms with van der Waals surface area (Å²) >= 11 is 3.47. The molecule has 122 valence electrons. The maximum atomic E-state index is 12.1. The van der Waals surface area contributed by atoms with Gasteiger partial charge in [-0.3, -0.25) is 14.6 Å². The molecule has 1 heterocycles. The van der Waals surface area contributed by atoms with Crippen molar-refractivity contribution in [2.75, 3.05) is 26.2 Å². The molecular formula is C17H26BrN3O. The topological polar surface area (TPSA) is 35.6 Å². The van der Waals surface area contributed by atoms with E-state index in [1.165, 1.54) is 5.56 Å². The van der Waals surface area contributed by atoms with Gasteiger partial charge in [0.25, 0.3) is 0 Å². The average Bonchev–Trinajstić information content (AvgIpc) is 2.49. The summed E-state index contributed by atoms with van der Waals surface area (Å²) < 4.78 is 1.12. The molecule has 1 aliphatic rings. The molecule has 0 bridgehead atoms. The summed E-state index contributed by atoms with van der Waals surface area (Å²) in [5, 5.41) is 3.00. The molecule has 22 heavy (non-hydrogen) atoms. The smallest absolute Gasteiger partial charge is 0.237 e. The van der Waals surface area contributed by atoms with Gasteiger partial charge in [-0.15, -0.1) is 0 Å². The molecule has 1 saturated heterocycles. The number of nitrogens with one attached hydrogen (secondary N) is 1. The number of piperazine rings is 1. The van der Waals surface area contributed by atoms with Crippen molar-refractivity contribution in [3.63, 3.8) is 0 Å². The van der Waals surface area contributed by atoms with Crippen molar-refractivity contribution in [1.29, 1.82) is 0 Å². The molecule has 1 N–H and O–H groups in total. The highest BCUT2D eigenvalue weighted by Gasteiger charge is 2.25. The average molecular weight is 368 g/mol. The Hall–Kier alpha value is -0.910. The quantitative estimate of drug-likeness (QED) is 0.868. The third-order valence-electron chi connectivity index (χ3n) is 4.08. The van der Waals surface area contributed by atoms with Gasteiger partial charge < -0.3 is 5.32 Å². The Labute approximate surface area is 142 Å². The SMILES string of the molecule is CC(C)NC(=O)C(C)N1CCN(Cc2ccc(Br)cc2)CC1. The first-order valence-electron chi connectivity index (χ1n) is 7.97. The zero-order valence-corrected chi connectivity index (χ0v) is 15.3. The van der Waals surface area contributed by atoms with Crippen molar-refractivity contribution in [2.24, 2.45) is 0 Å². The zero-order valence-electron chi connectivity index (χ0n) is 13.7. The predicted octanol–water partition coefficient (Wildman–Crippen LogP) is 2.48. The van der Waals surface area contributed by atoms with E-state index < -0.39 is 0 Å². The van der Waals surface area contributed by atoms with Crippen LogP contribution in [0.1, 0.15) is 26.3 Å². The van der Waals surface area contributed by atoms with Crippen molar-refractivity contribution in [1.82, 2.24) is 15.1 Å². The van der Waals surface area contributed by atoms with E-state index in [0.29, 0.717) is 0 Å². The summed E-state index contributed by atoms with van der Waals surface area (Å²) in [6.45, 7) is 10.9. The fourth-order valence-electron chi connectivity index (χ4n) is 2.73. The summed E-state index contributed by atoms with van der Waals surface area (Å²) in [5.41, 5.74) is 1.34. The molecule has 1 atom stereocenters. The minimum Gasteiger partial charge on any atom is -0.353 e. The van der Waals surface area contributed by atoms with Crippen LogP contribution in [-0.4, -0.2) is 54.0 Å². The Morgan fingerprint density at radius 3 is 2.27 bits per heavy atom. The molecule has 0 spiro atoms. The van der Waals surface area contributed by atoms with Gasteiger partial charge in [0, 0.05) is 43.2 Å². The van der Waals surface area contributed by atoms with E-state index in [2.05, 4.69) is 55.3 Å². The molecule has 0 aromatic heterocycles. The van der Waals surface area contributed by atoms with Crippen LogP contribution < -0.4 is 5.32 Å². The standard InChI is InChI=1S/C17H26BrN3O/c1-13(2)19-17(22)14(3)21-10-8-20(9-11-21)12-15-4-6-16(18)7-5-15/h4-7,13-14H,8-12H2,1-3H3,(H,19,22). The van der Waals surface area contributed by atoms with Crippen LogP contribution >= 0.6 is 15.9 Å². The van der Waals surface area contributed by atoms with Gasteiger partial charge >= 0.3 is 0 Å². The third kappa shape index (κ3) is 5.07. The van der Waals surface area contributed by atoms with Gasteiger partial charge in [0.1, 0.15) is 0 Å². The molecule has 2 rings (SSSR count). The Kier molecular flexibility index (Phi) is 6.41. The molecule has 1 fully saturated rings. The van der Waals surface area contributed by atoms with E-state index in [0.717, 1.165) is 37.2 Å². The Balaban J connectivity index is 1.80. The Morgan fingerprint density at radius 2 is 1.73 bits per heavy atom. The first kappa shape index (κ1) is 17.4. The van der Waals surface area contributed by atoms with Crippen molar-refractivity contribution in [3.05, 3.63) is 34.3 Å². The lowest BCUT2D eigenvalue weighted by Crippen LogP contribution is -2.54. The number of nitrogens with zero attached hydrogens (tertiary/aromatic N) is 2. The fraction of sp³-hybridized carbons (Fsp3) is 0.588. The van der Waals surface area contributed by atoms with Crippen molar-refractivity contribution in [3.8, 4) is 0 Å². The van der Waals surface area contributed by atoms with Gasteiger partial charge in [0.05, 0.1) is 6.04 Å². The lowest BCUT2D eigenvalue weighted by atomic mass is 10.1. The van der Waals surface area contributed by atoms with Crippen LogP contribution in [0.3, 0.4) is 0 Å². The van der Waals surface area contributed by atoms with Crippen molar-refractivity contribution < 1.29 is 4.79 Å². The number of amides is 1. The molecule has 4 nitrogen and oxygen atoms in total. The van der Waals surface area contributed by atoms with Crippen LogP contribution in [0, 0.1) is 0 Å². The molecule has 0 aliphatic carbocycles. The van der Waals surface area contributed by atoms with E-state index in [1.807, 2.05) is 20.8 Å². The fourth-order valence-corrected chi connectivity index (χ4v) is 2.99. The van der Waals surface area contributed by atoms with Crippen LogP contribution in [-0.2, 0) is 11.3 Å². The van der Waals surface area contributed by atoms with Crippen LogP contribution in [0.25, 0.3) is 0 Å². The highest BCUT2D eigenvalue weighted by Crippen LogP contribution is 2.14. The first-order valence-corrected chi connectivity index (χ1v) is 8.76. The Bertz CT molecular complexity index is 481. The van der Waals surface area contributed by atoms with Gasteiger partial charge in [-0.25, -0.2) is 0 Å². The number of carbonyl (C=O) groups is 1. The van der Waals surface area contributed by atoms with Crippen molar-refractivity contribution in [2.45, 2.75) is 39.4 Å². The van der Waals surface area contributed by atoms with Crippen LogP contribution in [0.4, 0.5) is 0 Å². The van der Waals surface area contributed by atoms with E-state index in [9.17, 15) is 4.79 Å². The lowest BCUT2D eigenvalue weighted by molar-refractivity contribution is -0.127. The van der Waals surface area contributed by atoms with Crippen molar-refractivity contribution >= 4 is 21.8 Å². The predicted molar refractivity (Wildman–Crippen MR) is 93.7 cm³/mol. The maximum absolute atomic E-state index is 12.1. The van der Waals surface area contributed by atoms with Gasteiger partial charge in [0.2, 0.25) is 5.91 Å². The van der Waals surface area contributed by atoms with Gasteiger partial charge in [-0.1, -0.05) is 28.1 Å². The molecule has 1 amide bonds.